The zero-order chi connectivity index (χ0) is 14.2. The average Bonchev–Trinajstić information content (AvgIpc) is 2.63. The maximum absolute atomic E-state index is 12.0. The Kier molecular flexibility index (Phi) is 3.15. The number of aryl methyl sites for hydroxylation is 1. The first-order chi connectivity index (χ1) is 8.84. The molecular formula is C12H13N3O3S. The number of aromatic nitrogens is 2. The van der Waals surface area contributed by atoms with Crippen LogP contribution in [0, 0.1) is 6.92 Å². The summed E-state index contributed by atoms with van der Waals surface area (Å²) in [6, 6.07) is 6.02. The van der Waals surface area contributed by atoms with E-state index in [1.54, 1.807) is 19.1 Å². The predicted molar refractivity (Wildman–Crippen MR) is 73.4 cm³/mol. The first kappa shape index (κ1) is 13.3. The van der Waals surface area contributed by atoms with Crippen LogP contribution in [0.3, 0.4) is 0 Å². The highest BCUT2D eigenvalue weighted by Crippen LogP contribution is 2.15. The first-order valence-corrected chi connectivity index (χ1v) is 7.32. The van der Waals surface area contributed by atoms with Gasteiger partial charge in [0.15, 0.2) is 9.84 Å². The van der Waals surface area contributed by atoms with Crippen LogP contribution in [0.2, 0.25) is 0 Å². The van der Waals surface area contributed by atoms with E-state index >= 15 is 0 Å². The molecule has 1 aromatic heterocycles. The van der Waals surface area contributed by atoms with Crippen LogP contribution in [0.15, 0.2) is 38.9 Å². The molecular weight excluding hydrogens is 266 g/mol. The minimum absolute atomic E-state index is 0.203. The molecule has 0 amide bonds. The highest BCUT2D eigenvalue weighted by atomic mass is 32.2. The van der Waals surface area contributed by atoms with E-state index < -0.39 is 9.84 Å². The molecule has 1 N–H and O–H groups in total. The van der Waals surface area contributed by atoms with E-state index in [9.17, 15) is 13.2 Å². The van der Waals surface area contributed by atoms with Crippen LogP contribution in [0.25, 0.3) is 5.69 Å². The first-order valence-electron chi connectivity index (χ1n) is 5.43. The van der Waals surface area contributed by atoms with Crippen LogP contribution in [-0.4, -0.2) is 31.2 Å². The maximum Gasteiger partial charge on any atom is 0.297 e. The Labute approximate surface area is 110 Å². The summed E-state index contributed by atoms with van der Waals surface area (Å²) in [6.07, 6.45) is 1.13. The smallest absolute Gasteiger partial charge is 0.293 e. The third kappa shape index (κ3) is 2.37. The van der Waals surface area contributed by atoms with Gasteiger partial charge in [-0.1, -0.05) is 0 Å². The molecule has 0 aliphatic heterocycles. The standard InChI is InChI=1S/C12H13N3O3S/c1-8-11(13-2)12(16)15(14-8)9-4-6-10(7-5-9)19(3,17)18/h4-7,14H,2H2,1,3H3. The van der Waals surface area contributed by atoms with Crippen molar-refractivity contribution in [2.75, 3.05) is 6.26 Å². The van der Waals surface area contributed by atoms with Crippen LogP contribution < -0.4 is 5.56 Å². The fourth-order valence-corrected chi connectivity index (χ4v) is 2.38. The second-order valence-corrected chi connectivity index (χ2v) is 6.17. The number of aromatic amines is 1. The van der Waals surface area contributed by atoms with Crippen LogP contribution in [0.5, 0.6) is 0 Å². The van der Waals surface area contributed by atoms with Crippen LogP contribution in [0.1, 0.15) is 5.69 Å². The molecule has 0 aliphatic carbocycles. The molecule has 0 atom stereocenters. The summed E-state index contributed by atoms with van der Waals surface area (Å²) in [4.78, 5) is 15.8. The molecule has 2 aromatic rings. The van der Waals surface area contributed by atoms with E-state index in [0.717, 1.165) is 6.26 Å². The fourth-order valence-electron chi connectivity index (χ4n) is 1.75. The Morgan fingerprint density at radius 3 is 2.26 bits per heavy atom. The van der Waals surface area contributed by atoms with Gasteiger partial charge in [0, 0.05) is 6.26 Å². The molecule has 0 fully saturated rings. The Morgan fingerprint density at radius 1 is 1.26 bits per heavy atom. The Balaban J connectivity index is 2.55. The van der Waals surface area contributed by atoms with Gasteiger partial charge in [0.05, 0.1) is 16.3 Å². The van der Waals surface area contributed by atoms with E-state index in [4.69, 9.17) is 0 Å². The summed E-state index contributed by atoms with van der Waals surface area (Å²) in [7, 11) is -3.25. The third-order valence-corrected chi connectivity index (χ3v) is 3.85. The number of benzene rings is 1. The van der Waals surface area contributed by atoms with Crippen molar-refractivity contribution in [1.29, 1.82) is 0 Å². The molecule has 0 radical (unpaired) electrons. The minimum atomic E-state index is -3.25. The average molecular weight is 279 g/mol. The monoisotopic (exact) mass is 279 g/mol. The molecule has 0 saturated heterocycles. The molecule has 19 heavy (non-hydrogen) atoms. The number of nitrogens with zero attached hydrogens (tertiary/aromatic N) is 2. The van der Waals surface area contributed by atoms with Gasteiger partial charge >= 0.3 is 0 Å². The SMILES string of the molecule is C=Nc1c(C)[nH]n(-c2ccc(S(C)(=O)=O)cc2)c1=O. The van der Waals surface area contributed by atoms with Crippen molar-refractivity contribution in [3.8, 4) is 5.69 Å². The van der Waals surface area contributed by atoms with Gasteiger partial charge in [-0.2, -0.15) is 0 Å². The highest BCUT2D eigenvalue weighted by molar-refractivity contribution is 7.90. The fraction of sp³-hybridized carbons (Fsp3) is 0.167. The number of H-pyrrole nitrogens is 1. The van der Waals surface area contributed by atoms with Gasteiger partial charge in [-0.15, -0.1) is 0 Å². The number of sulfone groups is 1. The molecule has 0 spiro atoms. The number of aliphatic imine (C=N–C) groups is 1. The van der Waals surface area contributed by atoms with Crippen molar-refractivity contribution in [3.63, 3.8) is 0 Å². The van der Waals surface area contributed by atoms with Gasteiger partial charge in [-0.25, -0.2) is 13.1 Å². The number of hydrogen-bond acceptors (Lipinski definition) is 4. The second-order valence-electron chi connectivity index (χ2n) is 4.15. The van der Waals surface area contributed by atoms with Gasteiger partial charge in [0.25, 0.3) is 5.56 Å². The summed E-state index contributed by atoms with van der Waals surface area (Å²) < 4.78 is 24.0. The zero-order valence-corrected chi connectivity index (χ0v) is 11.4. The number of hydrogen-bond donors (Lipinski definition) is 1. The minimum Gasteiger partial charge on any atom is -0.293 e. The number of nitrogens with one attached hydrogen (secondary N) is 1. The van der Waals surface area contributed by atoms with E-state index in [2.05, 4.69) is 16.8 Å². The third-order valence-electron chi connectivity index (χ3n) is 2.72. The summed E-state index contributed by atoms with van der Waals surface area (Å²) in [6.45, 7) is 5.06. The van der Waals surface area contributed by atoms with Crippen molar-refractivity contribution < 1.29 is 8.42 Å². The van der Waals surface area contributed by atoms with Gasteiger partial charge in [-0.05, 0) is 37.9 Å². The van der Waals surface area contributed by atoms with Crippen molar-refractivity contribution >= 4 is 22.2 Å². The molecule has 1 heterocycles. The molecule has 0 saturated carbocycles. The van der Waals surface area contributed by atoms with Crippen molar-refractivity contribution in [2.24, 2.45) is 4.99 Å². The molecule has 0 aliphatic rings. The molecule has 1 aromatic carbocycles. The van der Waals surface area contributed by atoms with E-state index in [1.165, 1.54) is 16.8 Å². The van der Waals surface area contributed by atoms with E-state index in [0.29, 0.717) is 11.4 Å². The molecule has 100 valence electrons. The van der Waals surface area contributed by atoms with Crippen LogP contribution in [-0.2, 0) is 9.84 Å². The number of rotatable bonds is 3. The molecule has 0 unspecified atom stereocenters. The zero-order valence-electron chi connectivity index (χ0n) is 10.5. The lowest BCUT2D eigenvalue weighted by Crippen LogP contribution is -2.14. The molecule has 0 bridgehead atoms. The maximum atomic E-state index is 12.0. The van der Waals surface area contributed by atoms with Gasteiger partial charge < -0.3 is 0 Å². The highest BCUT2D eigenvalue weighted by Gasteiger charge is 2.12. The van der Waals surface area contributed by atoms with Gasteiger partial charge in [0.2, 0.25) is 0 Å². The predicted octanol–water partition coefficient (Wildman–Crippen LogP) is 1.21. The normalized spacial score (nSPS) is 11.5. The van der Waals surface area contributed by atoms with Crippen molar-refractivity contribution in [3.05, 3.63) is 40.3 Å². The van der Waals surface area contributed by atoms with Gasteiger partial charge in [-0.3, -0.25) is 14.9 Å². The van der Waals surface area contributed by atoms with Gasteiger partial charge in [0.1, 0.15) is 5.69 Å². The lowest BCUT2D eigenvalue weighted by molar-refractivity contribution is 0.602. The second kappa shape index (κ2) is 4.51. The van der Waals surface area contributed by atoms with E-state index in [1.807, 2.05) is 0 Å². The summed E-state index contributed by atoms with van der Waals surface area (Å²) in [5.74, 6) is 0. The molecule has 7 heteroatoms. The summed E-state index contributed by atoms with van der Waals surface area (Å²) in [5, 5.41) is 2.86. The quantitative estimate of drug-likeness (QED) is 0.857. The van der Waals surface area contributed by atoms with E-state index in [-0.39, 0.29) is 16.1 Å². The Hall–Kier alpha value is -2.15. The van der Waals surface area contributed by atoms with Crippen molar-refractivity contribution in [1.82, 2.24) is 9.78 Å². The lowest BCUT2D eigenvalue weighted by Gasteiger charge is -2.03. The molecule has 6 nitrogen and oxygen atoms in total. The summed E-state index contributed by atoms with van der Waals surface area (Å²) in [5.41, 5.74) is 1.08. The Bertz CT molecular complexity index is 783. The van der Waals surface area contributed by atoms with Crippen molar-refractivity contribution in [2.45, 2.75) is 11.8 Å². The molecule has 2 rings (SSSR count). The topological polar surface area (TPSA) is 84.3 Å². The summed E-state index contributed by atoms with van der Waals surface area (Å²) >= 11 is 0. The Morgan fingerprint density at radius 2 is 1.84 bits per heavy atom. The van der Waals surface area contributed by atoms with Crippen LogP contribution >= 0.6 is 0 Å². The van der Waals surface area contributed by atoms with Crippen LogP contribution in [0.4, 0.5) is 5.69 Å². The largest absolute Gasteiger partial charge is 0.297 e. The lowest BCUT2D eigenvalue weighted by atomic mass is 10.3.